The van der Waals surface area contributed by atoms with E-state index in [-0.39, 0.29) is 18.1 Å². The van der Waals surface area contributed by atoms with Crippen molar-refractivity contribution < 1.29 is 5.11 Å². The van der Waals surface area contributed by atoms with Crippen molar-refractivity contribution in [2.45, 2.75) is 51.3 Å². The molecular formula is C14H26N6O. The fourth-order valence-corrected chi connectivity index (χ4v) is 2.80. The minimum Gasteiger partial charge on any atom is -0.392 e. The number of nitrogen functional groups attached to an aromatic ring is 1. The molecule has 118 valence electrons. The maximum atomic E-state index is 10.2. The van der Waals surface area contributed by atoms with Gasteiger partial charge in [0.25, 0.3) is 0 Å². The van der Waals surface area contributed by atoms with Crippen molar-refractivity contribution in [2.24, 2.45) is 0 Å². The smallest absolute Gasteiger partial charge is 0.229 e. The number of aliphatic hydroxyl groups is 1. The topological polar surface area (TPSA) is 91.4 Å². The van der Waals surface area contributed by atoms with Gasteiger partial charge in [0.15, 0.2) is 0 Å². The fourth-order valence-electron chi connectivity index (χ4n) is 2.80. The van der Waals surface area contributed by atoms with Crippen molar-refractivity contribution in [1.82, 2.24) is 19.9 Å². The highest BCUT2D eigenvalue weighted by Crippen LogP contribution is 2.23. The van der Waals surface area contributed by atoms with Crippen molar-refractivity contribution in [3.05, 3.63) is 5.82 Å². The van der Waals surface area contributed by atoms with E-state index in [1.54, 1.807) is 0 Å². The van der Waals surface area contributed by atoms with E-state index >= 15 is 0 Å². The van der Waals surface area contributed by atoms with Gasteiger partial charge in [-0.25, -0.2) is 0 Å². The molecule has 7 nitrogen and oxygen atoms in total. The van der Waals surface area contributed by atoms with Crippen LogP contribution in [0.2, 0.25) is 0 Å². The van der Waals surface area contributed by atoms with Crippen LogP contribution in [0.15, 0.2) is 0 Å². The van der Waals surface area contributed by atoms with Gasteiger partial charge < -0.3 is 15.7 Å². The van der Waals surface area contributed by atoms with Crippen molar-refractivity contribution >= 4 is 11.9 Å². The lowest BCUT2D eigenvalue weighted by atomic mass is 9.96. The van der Waals surface area contributed by atoms with Gasteiger partial charge in [-0.05, 0) is 25.8 Å². The van der Waals surface area contributed by atoms with Crippen LogP contribution in [0.1, 0.15) is 38.4 Å². The van der Waals surface area contributed by atoms with Gasteiger partial charge in [0.1, 0.15) is 5.82 Å². The Balaban J connectivity index is 2.15. The third-order valence-electron chi connectivity index (χ3n) is 3.96. The molecule has 2 heterocycles. The molecule has 2 rings (SSSR count). The highest BCUT2D eigenvalue weighted by atomic mass is 16.3. The van der Waals surface area contributed by atoms with E-state index in [9.17, 15) is 5.11 Å². The summed E-state index contributed by atoms with van der Waals surface area (Å²) in [6.45, 7) is 3.59. The lowest BCUT2D eigenvalue weighted by Gasteiger charge is -2.37. The number of hydrogen-bond donors (Lipinski definition) is 2. The molecule has 0 radical (unpaired) electrons. The second-order valence-corrected chi connectivity index (χ2v) is 5.81. The average Bonchev–Trinajstić information content (AvgIpc) is 2.46. The second kappa shape index (κ2) is 7.00. The third kappa shape index (κ3) is 4.01. The predicted molar refractivity (Wildman–Crippen MR) is 82.9 cm³/mol. The summed E-state index contributed by atoms with van der Waals surface area (Å²) in [5, 5.41) is 10.2. The van der Waals surface area contributed by atoms with Gasteiger partial charge in [-0.2, -0.15) is 15.0 Å². The van der Waals surface area contributed by atoms with Crippen LogP contribution in [0.3, 0.4) is 0 Å². The summed E-state index contributed by atoms with van der Waals surface area (Å²) >= 11 is 0. The van der Waals surface area contributed by atoms with Crippen LogP contribution >= 0.6 is 0 Å². The van der Waals surface area contributed by atoms with Gasteiger partial charge >= 0.3 is 0 Å². The molecule has 1 aromatic rings. The Morgan fingerprint density at radius 1 is 1.33 bits per heavy atom. The Labute approximate surface area is 126 Å². The quantitative estimate of drug-likeness (QED) is 0.823. The summed E-state index contributed by atoms with van der Waals surface area (Å²) in [5.74, 6) is 1.48. The summed E-state index contributed by atoms with van der Waals surface area (Å²) < 4.78 is 0. The number of hydrogen-bond acceptors (Lipinski definition) is 7. The number of nitrogens with zero attached hydrogens (tertiary/aromatic N) is 5. The molecule has 2 unspecified atom stereocenters. The van der Waals surface area contributed by atoms with Crippen molar-refractivity contribution in [2.75, 3.05) is 31.3 Å². The SMILES string of the molecule is CCC(O)C1CCCCN1Cc1nc(N)nc(N(C)C)n1. The first kappa shape index (κ1) is 15.9. The molecule has 0 aliphatic carbocycles. The highest BCUT2D eigenvalue weighted by molar-refractivity contribution is 5.32. The van der Waals surface area contributed by atoms with Crippen LogP contribution < -0.4 is 10.6 Å². The number of nitrogens with two attached hydrogens (primary N) is 1. The molecule has 1 saturated heterocycles. The van der Waals surface area contributed by atoms with Gasteiger partial charge in [-0.15, -0.1) is 0 Å². The first-order chi connectivity index (χ1) is 10.0. The largest absolute Gasteiger partial charge is 0.392 e. The molecule has 0 aromatic carbocycles. The Kier molecular flexibility index (Phi) is 5.30. The second-order valence-electron chi connectivity index (χ2n) is 5.81. The van der Waals surface area contributed by atoms with Crippen molar-refractivity contribution in [1.29, 1.82) is 0 Å². The Morgan fingerprint density at radius 2 is 2.10 bits per heavy atom. The molecular weight excluding hydrogens is 268 g/mol. The first-order valence-corrected chi connectivity index (χ1v) is 7.61. The molecule has 21 heavy (non-hydrogen) atoms. The van der Waals surface area contributed by atoms with Crippen molar-refractivity contribution in [3.63, 3.8) is 0 Å². The maximum absolute atomic E-state index is 10.2. The molecule has 3 N–H and O–H groups in total. The zero-order chi connectivity index (χ0) is 15.4. The Bertz CT molecular complexity index is 467. The third-order valence-corrected chi connectivity index (χ3v) is 3.96. The highest BCUT2D eigenvalue weighted by Gasteiger charge is 2.28. The molecule has 0 spiro atoms. The van der Waals surface area contributed by atoms with Crippen molar-refractivity contribution in [3.8, 4) is 0 Å². The number of rotatable bonds is 5. The number of anilines is 2. The van der Waals surface area contributed by atoms with E-state index in [2.05, 4.69) is 19.9 Å². The summed E-state index contributed by atoms with van der Waals surface area (Å²) in [6.07, 6.45) is 3.81. The number of piperidine rings is 1. The summed E-state index contributed by atoms with van der Waals surface area (Å²) in [7, 11) is 3.76. The summed E-state index contributed by atoms with van der Waals surface area (Å²) in [6, 6.07) is 0.185. The Morgan fingerprint density at radius 3 is 2.76 bits per heavy atom. The fraction of sp³-hybridized carbons (Fsp3) is 0.786. The zero-order valence-electron chi connectivity index (χ0n) is 13.2. The van der Waals surface area contributed by atoms with E-state index in [4.69, 9.17) is 5.73 Å². The van der Waals surface area contributed by atoms with Crippen LogP contribution in [0.25, 0.3) is 0 Å². The van der Waals surface area contributed by atoms with Gasteiger partial charge in [-0.3, -0.25) is 4.90 Å². The minimum absolute atomic E-state index is 0.185. The number of aliphatic hydroxyl groups excluding tert-OH is 1. The normalized spacial score (nSPS) is 21.2. The average molecular weight is 294 g/mol. The number of likely N-dealkylation sites (tertiary alicyclic amines) is 1. The summed E-state index contributed by atoms with van der Waals surface area (Å²) in [4.78, 5) is 16.9. The van der Waals surface area contributed by atoms with E-state index in [1.807, 2.05) is 25.9 Å². The molecule has 0 saturated carbocycles. The molecule has 1 aliphatic rings. The molecule has 7 heteroatoms. The van der Waals surface area contributed by atoms with Gasteiger partial charge in [0.05, 0.1) is 12.6 Å². The van der Waals surface area contributed by atoms with Crippen LogP contribution in [-0.4, -0.2) is 57.7 Å². The molecule has 0 bridgehead atoms. The van der Waals surface area contributed by atoms with Crippen LogP contribution in [0.4, 0.5) is 11.9 Å². The maximum Gasteiger partial charge on any atom is 0.229 e. The standard InChI is InChI=1S/C14H26N6O/c1-4-11(21)10-7-5-6-8-20(10)9-12-16-13(15)18-14(17-12)19(2)3/h10-11,21H,4-9H2,1-3H3,(H2,15,16,17,18). The molecule has 2 atom stereocenters. The van der Waals surface area contributed by atoms with Crippen LogP contribution in [-0.2, 0) is 6.54 Å². The van der Waals surface area contributed by atoms with Crippen LogP contribution in [0.5, 0.6) is 0 Å². The molecule has 1 fully saturated rings. The number of aromatic nitrogens is 3. The monoisotopic (exact) mass is 294 g/mol. The first-order valence-electron chi connectivity index (χ1n) is 7.61. The summed E-state index contributed by atoms with van der Waals surface area (Å²) in [5.41, 5.74) is 5.77. The van der Waals surface area contributed by atoms with E-state index in [0.29, 0.717) is 18.3 Å². The minimum atomic E-state index is -0.294. The van der Waals surface area contributed by atoms with Gasteiger partial charge in [0.2, 0.25) is 11.9 Å². The lowest BCUT2D eigenvalue weighted by Crippen LogP contribution is -2.46. The molecule has 1 aromatic heterocycles. The zero-order valence-corrected chi connectivity index (χ0v) is 13.2. The van der Waals surface area contributed by atoms with E-state index in [1.165, 1.54) is 6.42 Å². The van der Waals surface area contributed by atoms with Crippen LogP contribution in [0, 0.1) is 0 Å². The van der Waals surface area contributed by atoms with E-state index in [0.717, 1.165) is 25.8 Å². The molecule has 0 amide bonds. The van der Waals surface area contributed by atoms with E-state index < -0.39 is 0 Å². The van der Waals surface area contributed by atoms with Gasteiger partial charge in [-0.1, -0.05) is 13.3 Å². The Hall–Kier alpha value is -1.47. The molecule has 1 aliphatic heterocycles. The van der Waals surface area contributed by atoms with Gasteiger partial charge in [0, 0.05) is 20.1 Å². The predicted octanol–water partition coefficient (Wildman–Crippen LogP) is 0.645. The lowest BCUT2D eigenvalue weighted by molar-refractivity contribution is 0.0182.